The summed E-state index contributed by atoms with van der Waals surface area (Å²) >= 11 is 0. The van der Waals surface area contributed by atoms with Crippen molar-refractivity contribution < 1.29 is 0 Å². The Labute approximate surface area is 122 Å². The highest BCUT2D eigenvalue weighted by Crippen LogP contribution is 2.27. The molecule has 2 fully saturated rings. The average Bonchev–Trinajstić information content (AvgIpc) is 3.31. The van der Waals surface area contributed by atoms with Crippen LogP contribution in [0.25, 0.3) is 0 Å². The number of rotatable bonds is 6. The van der Waals surface area contributed by atoms with Crippen molar-refractivity contribution in [3.8, 4) is 0 Å². The summed E-state index contributed by atoms with van der Waals surface area (Å²) in [7, 11) is 0. The number of pyridine rings is 1. The van der Waals surface area contributed by atoms with Crippen LogP contribution in [0.4, 0.5) is 5.82 Å². The zero-order chi connectivity index (χ0) is 13.8. The molecule has 4 heteroatoms. The molecule has 110 valence electrons. The van der Waals surface area contributed by atoms with Crippen molar-refractivity contribution in [2.45, 2.75) is 38.8 Å². The topological polar surface area (TPSA) is 31.4 Å². The molecule has 20 heavy (non-hydrogen) atoms. The van der Waals surface area contributed by atoms with E-state index in [1.54, 1.807) is 0 Å². The number of aromatic nitrogens is 1. The molecule has 0 spiro atoms. The Morgan fingerprint density at radius 1 is 1.20 bits per heavy atom. The van der Waals surface area contributed by atoms with Crippen molar-refractivity contribution >= 4 is 5.82 Å². The summed E-state index contributed by atoms with van der Waals surface area (Å²) in [4.78, 5) is 9.89. The lowest BCUT2D eigenvalue weighted by Gasteiger charge is -2.34. The predicted molar refractivity (Wildman–Crippen MR) is 82.9 cm³/mol. The molecule has 4 nitrogen and oxygen atoms in total. The van der Waals surface area contributed by atoms with Gasteiger partial charge in [0.05, 0.1) is 5.69 Å². The van der Waals surface area contributed by atoms with E-state index >= 15 is 0 Å². The number of hydrogen-bond donors (Lipinski definition) is 1. The van der Waals surface area contributed by atoms with E-state index in [1.165, 1.54) is 44.7 Å². The molecule has 1 aliphatic heterocycles. The zero-order valence-electron chi connectivity index (χ0n) is 12.5. The first-order chi connectivity index (χ1) is 9.85. The van der Waals surface area contributed by atoms with Gasteiger partial charge >= 0.3 is 0 Å². The Morgan fingerprint density at radius 2 is 2.00 bits per heavy atom. The van der Waals surface area contributed by atoms with Gasteiger partial charge in [0, 0.05) is 45.3 Å². The summed E-state index contributed by atoms with van der Waals surface area (Å²) < 4.78 is 0. The molecule has 1 aromatic heterocycles. The maximum Gasteiger partial charge on any atom is 0.126 e. The van der Waals surface area contributed by atoms with Gasteiger partial charge < -0.3 is 5.32 Å². The highest BCUT2D eigenvalue weighted by molar-refractivity contribution is 5.35. The Bertz CT molecular complexity index is 422. The van der Waals surface area contributed by atoms with E-state index in [9.17, 15) is 0 Å². The summed E-state index contributed by atoms with van der Waals surface area (Å²) in [5.41, 5.74) is 1.19. The van der Waals surface area contributed by atoms with E-state index < -0.39 is 0 Å². The van der Waals surface area contributed by atoms with Gasteiger partial charge in [-0.3, -0.25) is 9.80 Å². The lowest BCUT2D eigenvalue weighted by atomic mass is 10.2. The third-order valence-electron chi connectivity index (χ3n) is 4.22. The summed E-state index contributed by atoms with van der Waals surface area (Å²) in [6, 6.07) is 7.23. The molecule has 0 atom stereocenters. The standard InChI is InChI=1S/C16H26N4/c1-2-8-17-16-5-3-4-14(18-16)13-19-9-11-20(12-10-19)15-6-7-15/h3-5,15H,2,6-13H2,1H3,(H,17,18). The molecule has 1 saturated heterocycles. The summed E-state index contributed by atoms with van der Waals surface area (Å²) in [6.45, 7) is 9.00. The molecule has 1 saturated carbocycles. The molecule has 0 aromatic carbocycles. The first kappa shape index (κ1) is 13.8. The monoisotopic (exact) mass is 274 g/mol. The highest BCUT2D eigenvalue weighted by Gasteiger charge is 2.31. The first-order valence-corrected chi connectivity index (χ1v) is 8.01. The summed E-state index contributed by atoms with van der Waals surface area (Å²) in [5, 5.41) is 3.36. The average molecular weight is 274 g/mol. The van der Waals surface area contributed by atoms with Crippen molar-refractivity contribution in [1.82, 2.24) is 14.8 Å². The van der Waals surface area contributed by atoms with Gasteiger partial charge in [0.1, 0.15) is 5.82 Å². The van der Waals surface area contributed by atoms with E-state index in [4.69, 9.17) is 4.98 Å². The Balaban J connectivity index is 1.49. The van der Waals surface area contributed by atoms with E-state index in [-0.39, 0.29) is 0 Å². The minimum absolute atomic E-state index is 0.914. The van der Waals surface area contributed by atoms with Gasteiger partial charge in [-0.25, -0.2) is 4.98 Å². The van der Waals surface area contributed by atoms with Gasteiger partial charge in [-0.05, 0) is 31.4 Å². The van der Waals surface area contributed by atoms with Crippen LogP contribution in [0.5, 0.6) is 0 Å². The van der Waals surface area contributed by atoms with Crippen LogP contribution in [0.15, 0.2) is 18.2 Å². The van der Waals surface area contributed by atoms with Gasteiger partial charge in [0.25, 0.3) is 0 Å². The molecule has 0 unspecified atom stereocenters. The predicted octanol–water partition coefficient (Wildman–Crippen LogP) is 2.18. The molecule has 2 aliphatic rings. The lowest BCUT2D eigenvalue weighted by molar-refractivity contribution is 0.120. The normalized spacial score (nSPS) is 21.1. The largest absolute Gasteiger partial charge is 0.370 e. The summed E-state index contributed by atoms with van der Waals surface area (Å²) in [6.07, 6.45) is 3.98. The maximum atomic E-state index is 4.70. The van der Waals surface area contributed by atoms with Crippen LogP contribution in [0, 0.1) is 0 Å². The van der Waals surface area contributed by atoms with Crippen molar-refractivity contribution in [3.63, 3.8) is 0 Å². The number of nitrogens with zero attached hydrogens (tertiary/aromatic N) is 3. The number of nitrogens with one attached hydrogen (secondary N) is 1. The SMILES string of the molecule is CCCNc1cccc(CN2CCN(C3CC3)CC2)n1. The smallest absolute Gasteiger partial charge is 0.126 e. The molecule has 0 bridgehead atoms. The number of anilines is 1. The lowest BCUT2D eigenvalue weighted by Crippen LogP contribution is -2.46. The van der Waals surface area contributed by atoms with E-state index in [0.717, 1.165) is 31.4 Å². The van der Waals surface area contributed by atoms with Gasteiger partial charge in [-0.1, -0.05) is 13.0 Å². The first-order valence-electron chi connectivity index (χ1n) is 8.01. The van der Waals surface area contributed by atoms with Gasteiger partial charge in [0.2, 0.25) is 0 Å². The third-order valence-corrected chi connectivity index (χ3v) is 4.22. The fourth-order valence-electron chi connectivity index (χ4n) is 2.87. The van der Waals surface area contributed by atoms with Crippen LogP contribution in [0.1, 0.15) is 31.9 Å². The zero-order valence-corrected chi connectivity index (χ0v) is 12.5. The van der Waals surface area contributed by atoms with E-state index in [2.05, 4.69) is 40.2 Å². The van der Waals surface area contributed by atoms with Crippen LogP contribution < -0.4 is 5.32 Å². The van der Waals surface area contributed by atoms with Crippen LogP contribution in [-0.2, 0) is 6.54 Å². The third kappa shape index (κ3) is 3.70. The minimum Gasteiger partial charge on any atom is -0.370 e. The molecule has 3 rings (SSSR count). The van der Waals surface area contributed by atoms with Gasteiger partial charge in [-0.2, -0.15) is 0 Å². The fourth-order valence-corrected chi connectivity index (χ4v) is 2.87. The Morgan fingerprint density at radius 3 is 2.70 bits per heavy atom. The van der Waals surface area contributed by atoms with Crippen molar-refractivity contribution in [2.75, 3.05) is 38.0 Å². The van der Waals surface area contributed by atoms with Crippen molar-refractivity contribution in [2.24, 2.45) is 0 Å². The second-order valence-electron chi connectivity index (χ2n) is 5.98. The fraction of sp³-hybridized carbons (Fsp3) is 0.688. The maximum absolute atomic E-state index is 4.70. The molecular weight excluding hydrogens is 248 g/mol. The Kier molecular flexibility index (Phi) is 4.53. The quantitative estimate of drug-likeness (QED) is 0.861. The van der Waals surface area contributed by atoms with E-state index in [1.807, 2.05) is 0 Å². The van der Waals surface area contributed by atoms with Crippen molar-refractivity contribution in [1.29, 1.82) is 0 Å². The minimum atomic E-state index is 0.914. The molecule has 2 heterocycles. The van der Waals surface area contributed by atoms with E-state index in [0.29, 0.717) is 0 Å². The molecule has 1 aromatic rings. The molecular formula is C16H26N4. The van der Waals surface area contributed by atoms with Crippen LogP contribution >= 0.6 is 0 Å². The van der Waals surface area contributed by atoms with Crippen LogP contribution in [0.3, 0.4) is 0 Å². The molecule has 1 N–H and O–H groups in total. The van der Waals surface area contributed by atoms with Gasteiger partial charge in [0.15, 0.2) is 0 Å². The number of hydrogen-bond acceptors (Lipinski definition) is 4. The second kappa shape index (κ2) is 6.55. The van der Waals surface area contributed by atoms with Crippen LogP contribution in [0.2, 0.25) is 0 Å². The second-order valence-corrected chi connectivity index (χ2v) is 5.98. The van der Waals surface area contributed by atoms with Crippen LogP contribution in [-0.4, -0.2) is 53.5 Å². The van der Waals surface area contributed by atoms with Gasteiger partial charge in [-0.15, -0.1) is 0 Å². The van der Waals surface area contributed by atoms with Crippen molar-refractivity contribution in [3.05, 3.63) is 23.9 Å². The summed E-state index contributed by atoms with van der Waals surface area (Å²) in [5.74, 6) is 1.01. The molecule has 0 radical (unpaired) electrons. The Hall–Kier alpha value is -1.13. The highest BCUT2D eigenvalue weighted by atomic mass is 15.3. The number of piperazine rings is 1. The molecule has 0 amide bonds. The molecule has 1 aliphatic carbocycles.